The van der Waals surface area contributed by atoms with Crippen LogP contribution in [0.3, 0.4) is 0 Å². The molecule has 3 rings (SSSR count). The highest BCUT2D eigenvalue weighted by atomic mass is 79.9. The van der Waals surface area contributed by atoms with Crippen molar-refractivity contribution in [1.82, 2.24) is 5.43 Å². The molecule has 0 saturated heterocycles. The van der Waals surface area contributed by atoms with Gasteiger partial charge in [-0.2, -0.15) is 5.10 Å². The van der Waals surface area contributed by atoms with Crippen LogP contribution in [-0.4, -0.2) is 25.5 Å². The maximum absolute atomic E-state index is 11.8. The Hall–Kier alpha value is -2.06. The molecule has 2 aromatic rings. The first-order valence-electron chi connectivity index (χ1n) is 6.91. The van der Waals surface area contributed by atoms with Crippen LogP contribution in [0.2, 0.25) is 0 Å². The zero-order chi connectivity index (χ0) is 16.9. The highest BCUT2D eigenvalue weighted by molar-refractivity contribution is 9.11. The van der Waals surface area contributed by atoms with Crippen molar-refractivity contribution in [3.8, 4) is 17.2 Å². The molecule has 0 fully saturated rings. The van der Waals surface area contributed by atoms with E-state index in [1.165, 1.54) is 6.21 Å². The van der Waals surface area contributed by atoms with E-state index in [1.807, 2.05) is 18.2 Å². The molecule has 124 valence electrons. The second-order valence-corrected chi connectivity index (χ2v) is 6.54. The number of carbonyl (C=O) groups is 1. The second-order valence-electron chi connectivity index (χ2n) is 4.77. The number of nitrogens with zero attached hydrogens (tertiary/aromatic N) is 1. The monoisotopic (exact) mass is 454 g/mol. The van der Waals surface area contributed by atoms with Crippen molar-refractivity contribution >= 4 is 44.0 Å². The van der Waals surface area contributed by atoms with Crippen LogP contribution in [0.5, 0.6) is 17.2 Å². The van der Waals surface area contributed by atoms with Crippen molar-refractivity contribution in [2.75, 3.05) is 13.4 Å². The second kappa shape index (κ2) is 7.67. The lowest BCUT2D eigenvalue weighted by atomic mass is 10.2. The Morgan fingerprint density at radius 1 is 1.21 bits per heavy atom. The van der Waals surface area contributed by atoms with E-state index in [9.17, 15) is 4.79 Å². The van der Waals surface area contributed by atoms with E-state index in [0.717, 1.165) is 14.5 Å². The van der Waals surface area contributed by atoms with Crippen molar-refractivity contribution < 1.29 is 19.0 Å². The lowest BCUT2D eigenvalue weighted by Gasteiger charge is -2.07. The number of carbonyl (C=O) groups excluding carboxylic acids is 1. The van der Waals surface area contributed by atoms with Gasteiger partial charge in [0, 0.05) is 4.47 Å². The Morgan fingerprint density at radius 3 is 2.88 bits per heavy atom. The number of halogens is 2. The van der Waals surface area contributed by atoms with Gasteiger partial charge in [-0.05, 0) is 57.9 Å². The number of nitrogens with one attached hydrogen (secondary N) is 1. The van der Waals surface area contributed by atoms with Crippen molar-refractivity contribution in [1.29, 1.82) is 0 Å². The van der Waals surface area contributed by atoms with Gasteiger partial charge in [-0.25, -0.2) is 5.43 Å². The predicted molar refractivity (Wildman–Crippen MR) is 95.6 cm³/mol. The topological polar surface area (TPSA) is 69.2 Å². The molecule has 0 spiro atoms. The fourth-order valence-electron chi connectivity index (χ4n) is 1.94. The predicted octanol–water partition coefficient (Wildman–Crippen LogP) is 3.47. The number of amides is 1. The minimum absolute atomic E-state index is 0.140. The van der Waals surface area contributed by atoms with Crippen molar-refractivity contribution in [3.05, 3.63) is 50.9 Å². The summed E-state index contributed by atoms with van der Waals surface area (Å²) in [5, 5.41) is 3.90. The number of benzene rings is 2. The van der Waals surface area contributed by atoms with Gasteiger partial charge in [-0.15, -0.1) is 0 Å². The highest BCUT2D eigenvalue weighted by Gasteiger charge is 2.12. The third kappa shape index (κ3) is 4.27. The molecule has 0 aromatic heterocycles. The molecule has 1 aliphatic rings. The van der Waals surface area contributed by atoms with E-state index < -0.39 is 0 Å². The summed E-state index contributed by atoms with van der Waals surface area (Å²) in [6.07, 6.45) is 1.52. The molecule has 1 aliphatic heterocycles. The maximum atomic E-state index is 11.8. The summed E-state index contributed by atoms with van der Waals surface area (Å²) >= 11 is 6.72. The minimum Gasteiger partial charge on any atom is -0.483 e. The lowest BCUT2D eigenvalue weighted by Crippen LogP contribution is -2.24. The molecule has 0 aliphatic carbocycles. The smallest absolute Gasteiger partial charge is 0.277 e. The van der Waals surface area contributed by atoms with Gasteiger partial charge in [0.1, 0.15) is 5.75 Å². The maximum Gasteiger partial charge on any atom is 0.277 e. The molecule has 0 bridgehead atoms. The van der Waals surface area contributed by atoms with Crippen LogP contribution in [0, 0.1) is 0 Å². The molecule has 2 aromatic carbocycles. The summed E-state index contributed by atoms with van der Waals surface area (Å²) in [4.78, 5) is 11.8. The standard InChI is InChI=1S/C16H12Br2N2O4/c17-11-2-4-13(12(18)6-11)22-8-16(21)20-19-7-10-1-3-14-15(5-10)24-9-23-14/h1-7H,8-9H2,(H,20,21). The first-order chi connectivity index (χ1) is 11.6. The fourth-order valence-corrected chi connectivity index (χ4v) is 3.10. The molecule has 8 heteroatoms. The van der Waals surface area contributed by atoms with Crippen molar-refractivity contribution in [2.24, 2.45) is 5.10 Å². The van der Waals surface area contributed by atoms with Gasteiger partial charge in [-0.3, -0.25) is 4.79 Å². The molecule has 24 heavy (non-hydrogen) atoms. The van der Waals surface area contributed by atoms with E-state index in [4.69, 9.17) is 14.2 Å². The largest absolute Gasteiger partial charge is 0.483 e. The molecule has 1 amide bonds. The van der Waals surface area contributed by atoms with E-state index >= 15 is 0 Å². The summed E-state index contributed by atoms with van der Waals surface area (Å²) < 4.78 is 17.6. The van der Waals surface area contributed by atoms with Crippen LogP contribution in [0.1, 0.15) is 5.56 Å². The Labute approximate surface area is 155 Å². The van der Waals surface area contributed by atoms with E-state index in [-0.39, 0.29) is 19.3 Å². The van der Waals surface area contributed by atoms with Crippen LogP contribution >= 0.6 is 31.9 Å². The summed E-state index contributed by atoms with van der Waals surface area (Å²) in [6.45, 7) is 0.0777. The summed E-state index contributed by atoms with van der Waals surface area (Å²) in [5.41, 5.74) is 3.20. The molecule has 1 heterocycles. The fraction of sp³-hybridized carbons (Fsp3) is 0.125. The Kier molecular flexibility index (Phi) is 5.37. The molecular weight excluding hydrogens is 444 g/mol. The highest BCUT2D eigenvalue weighted by Crippen LogP contribution is 2.32. The zero-order valence-electron chi connectivity index (χ0n) is 12.3. The van der Waals surface area contributed by atoms with Crippen LogP contribution in [0.25, 0.3) is 0 Å². The first kappa shape index (κ1) is 16.8. The van der Waals surface area contributed by atoms with Crippen molar-refractivity contribution in [3.63, 3.8) is 0 Å². The van der Waals surface area contributed by atoms with Crippen molar-refractivity contribution in [2.45, 2.75) is 0 Å². The summed E-state index contributed by atoms with van der Waals surface area (Å²) in [5.74, 6) is 1.58. The molecule has 0 saturated carbocycles. The van der Waals surface area contributed by atoms with Gasteiger partial charge >= 0.3 is 0 Å². The van der Waals surface area contributed by atoms with Gasteiger partial charge in [0.15, 0.2) is 18.1 Å². The number of hydrogen-bond acceptors (Lipinski definition) is 5. The first-order valence-corrected chi connectivity index (χ1v) is 8.50. The normalized spacial score (nSPS) is 12.4. The summed E-state index contributed by atoms with van der Waals surface area (Å²) in [7, 11) is 0. The molecule has 0 radical (unpaired) electrons. The Bertz CT molecular complexity index is 796. The number of hydrogen-bond donors (Lipinski definition) is 1. The third-order valence-electron chi connectivity index (χ3n) is 3.05. The van der Waals surface area contributed by atoms with Gasteiger partial charge in [-0.1, -0.05) is 15.9 Å². The van der Waals surface area contributed by atoms with Crippen LogP contribution in [0.4, 0.5) is 0 Å². The molecule has 0 atom stereocenters. The van der Waals surface area contributed by atoms with Gasteiger partial charge in [0.05, 0.1) is 10.7 Å². The lowest BCUT2D eigenvalue weighted by molar-refractivity contribution is -0.123. The molecule has 1 N–H and O–H groups in total. The van der Waals surface area contributed by atoms with Crippen LogP contribution in [-0.2, 0) is 4.79 Å². The SMILES string of the molecule is O=C(COc1ccc(Br)cc1Br)NN=Cc1ccc2c(c1)OCO2. The third-order valence-corrected chi connectivity index (χ3v) is 4.17. The van der Waals surface area contributed by atoms with Crippen LogP contribution in [0.15, 0.2) is 50.4 Å². The minimum atomic E-state index is -0.359. The Morgan fingerprint density at radius 2 is 2.04 bits per heavy atom. The van der Waals surface area contributed by atoms with Gasteiger partial charge < -0.3 is 14.2 Å². The number of rotatable bonds is 5. The summed E-state index contributed by atoms with van der Waals surface area (Å²) in [6, 6.07) is 10.8. The zero-order valence-corrected chi connectivity index (χ0v) is 15.5. The number of hydrazone groups is 1. The molecule has 6 nitrogen and oxygen atoms in total. The quantitative estimate of drug-likeness (QED) is 0.553. The van der Waals surface area contributed by atoms with Gasteiger partial charge in [0.25, 0.3) is 5.91 Å². The molecular formula is C16H12Br2N2O4. The number of fused-ring (bicyclic) bond motifs is 1. The van der Waals surface area contributed by atoms with Crippen LogP contribution < -0.4 is 19.6 Å². The average Bonchev–Trinajstić information content (AvgIpc) is 3.02. The van der Waals surface area contributed by atoms with E-state index in [0.29, 0.717) is 17.2 Å². The van der Waals surface area contributed by atoms with Gasteiger partial charge in [0.2, 0.25) is 6.79 Å². The average molecular weight is 456 g/mol. The molecule has 0 unspecified atom stereocenters. The Balaban J connectivity index is 1.50. The number of ether oxygens (including phenoxy) is 3. The van der Waals surface area contributed by atoms with E-state index in [1.54, 1.807) is 18.2 Å². The van der Waals surface area contributed by atoms with E-state index in [2.05, 4.69) is 42.4 Å².